The SMILES string of the molecule is CO[C@@H]1C[C@@H](C(C)C)N(c2nc3cc(-c4noc(=O)[nH]4)nc(-c4cncc(Cl)c4)c3n2CC[C@H]2CC[C@H](C)CC2)C1. The van der Waals surface area contributed by atoms with Crippen LogP contribution in [-0.2, 0) is 11.3 Å². The lowest BCUT2D eigenvalue weighted by Crippen LogP contribution is -2.35. The summed E-state index contributed by atoms with van der Waals surface area (Å²) in [5.41, 5.74) is 3.62. The molecule has 4 aromatic heterocycles. The number of ether oxygens (including phenoxy) is 1. The molecule has 2 aliphatic rings. The van der Waals surface area contributed by atoms with Crippen LogP contribution in [0.3, 0.4) is 0 Å². The van der Waals surface area contributed by atoms with Crippen LogP contribution < -0.4 is 10.7 Å². The minimum Gasteiger partial charge on any atom is -0.380 e. The summed E-state index contributed by atoms with van der Waals surface area (Å²) in [5.74, 6) is 2.46. The summed E-state index contributed by atoms with van der Waals surface area (Å²) in [4.78, 5) is 31.4. The standard InChI is InChI=1S/C30H38ClN7O3/c1-17(2)25-12-22(40-4)16-38(25)29-34-23-13-24(28-35-30(39)41-36-28)33-26(20-11-21(31)15-32-14-20)27(23)37(29)10-9-19-7-5-18(3)6-8-19/h11,13-15,17-19,22,25H,5-10,12,16H2,1-4H3,(H,35,36,39)/t18-,19-,22-,25+/m1/s1. The number of nitrogens with zero attached hydrogens (tertiary/aromatic N) is 6. The van der Waals surface area contributed by atoms with Crippen molar-refractivity contribution in [2.24, 2.45) is 17.8 Å². The highest BCUT2D eigenvalue weighted by Gasteiger charge is 2.37. The van der Waals surface area contributed by atoms with Gasteiger partial charge in [0.1, 0.15) is 5.69 Å². The van der Waals surface area contributed by atoms with Crippen LogP contribution in [-0.4, -0.2) is 55.5 Å². The normalized spacial score (nSPS) is 23.2. The summed E-state index contributed by atoms with van der Waals surface area (Å²) in [5, 5.41) is 4.42. The van der Waals surface area contributed by atoms with E-state index in [9.17, 15) is 4.79 Å². The van der Waals surface area contributed by atoms with Gasteiger partial charge in [-0.25, -0.2) is 14.8 Å². The molecule has 5 heterocycles. The van der Waals surface area contributed by atoms with E-state index in [1.807, 2.05) is 12.1 Å². The first-order chi connectivity index (χ1) is 19.8. The molecule has 4 aromatic rings. The van der Waals surface area contributed by atoms with Crippen molar-refractivity contribution in [3.8, 4) is 22.8 Å². The molecule has 0 spiro atoms. The Morgan fingerprint density at radius 3 is 2.66 bits per heavy atom. The maximum Gasteiger partial charge on any atom is 0.439 e. The van der Waals surface area contributed by atoms with E-state index in [1.54, 1.807) is 19.5 Å². The first-order valence-electron chi connectivity index (χ1n) is 14.7. The summed E-state index contributed by atoms with van der Waals surface area (Å²) in [6, 6.07) is 4.03. The molecule has 6 rings (SSSR count). The van der Waals surface area contributed by atoms with Crippen LogP contribution in [0.25, 0.3) is 33.8 Å². The molecule has 2 atom stereocenters. The maximum absolute atomic E-state index is 11.8. The zero-order valence-corrected chi connectivity index (χ0v) is 24.9. The first-order valence-corrected chi connectivity index (χ1v) is 15.1. The molecule has 2 fully saturated rings. The van der Waals surface area contributed by atoms with Crippen LogP contribution in [0.15, 0.2) is 33.8 Å². The average molecular weight is 580 g/mol. The smallest absolute Gasteiger partial charge is 0.380 e. The van der Waals surface area contributed by atoms with Crippen LogP contribution in [0.1, 0.15) is 59.3 Å². The molecule has 0 bridgehead atoms. The summed E-state index contributed by atoms with van der Waals surface area (Å²) in [6.07, 6.45) is 10.6. The number of aryl methyl sites for hydroxylation is 1. The van der Waals surface area contributed by atoms with E-state index in [0.717, 1.165) is 54.4 Å². The van der Waals surface area contributed by atoms with Crippen molar-refractivity contribution in [1.82, 2.24) is 29.7 Å². The van der Waals surface area contributed by atoms with Gasteiger partial charge in [-0.05, 0) is 42.7 Å². The molecule has 1 aliphatic heterocycles. The molecule has 10 nitrogen and oxygen atoms in total. The van der Waals surface area contributed by atoms with Gasteiger partial charge in [0.25, 0.3) is 0 Å². The van der Waals surface area contributed by atoms with E-state index in [0.29, 0.717) is 34.3 Å². The van der Waals surface area contributed by atoms with Crippen LogP contribution in [0.5, 0.6) is 0 Å². The second kappa shape index (κ2) is 11.6. The lowest BCUT2D eigenvalue weighted by atomic mass is 9.81. The molecule has 218 valence electrons. The Balaban J connectivity index is 1.54. The number of imidazole rings is 1. The van der Waals surface area contributed by atoms with Crippen molar-refractivity contribution < 1.29 is 9.26 Å². The fraction of sp³-hybridized carbons (Fsp3) is 0.567. The average Bonchev–Trinajstić information content (AvgIpc) is 3.68. The number of aromatic nitrogens is 6. The number of pyridine rings is 2. The number of nitrogens with one attached hydrogen (secondary N) is 1. The Labute approximate surface area is 244 Å². The van der Waals surface area contributed by atoms with Crippen LogP contribution in [0.4, 0.5) is 5.95 Å². The zero-order chi connectivity index (χ0) is 28.7. The van der Waals surface area contributed by atoms with Gasteiger partial charge >= 0.3 is 5.76 Å². The third kappa shape index (κ3) is 5.64. The fourth-order valence-corrected chi connectivity index (χ4v) is 6.74. The van der Waals surface area contributed by atoms with Gasteiger partial charge in [-0.1, -0.05) is 63.2 Å². The second-order valence-corrected chi connectivity index (χ2v) is 12.5. The second-order valence-electron chi connectivity index (χ2n) is 12.1. The summed E-state index contributed by atoms with van der Waals surface area (Å²) in [7, 11) is 1.79. The van der Waals surface area contributed by atoms with Crippen molar-refractivity contribution in [1.29, 1.82) is 0 Å². The quantitative estimate of drug-likeness (QED) is 0.272. The van der Waals surface area contributed by atoms with Crippen LogP contribution in [0.2, 0.25) is 5.02 Å². The van der Waals surface area contributed by atoms with Crippen molar-refractivity contribution in [3.63, 3.8) is 0 Å². The number of halogens is 1. The predicted octanol–water partition coefficient (Wildman–Crippen LogP) is 5.96. The molecule has 0 radical (unpaired) electrons. The molecule has 0 unspecified atom stereocenters. The van der Waals surface area contributed by atoms with Crippen molar-refractivity contribution in [2.75, 3.05) is 18.6 Å². The van der Waals surface area contributed by atoms with Gasteiger partial charge < -0.3 is 14.2 Å². The molecule has 1 saturated heterocycles. The Hall–Kier alpha value is -3.24. The fourth-order valence-electron chi connectivity index (χ4n) is 6.57. The molecule has 11 heteroatoms. The van der Waals surface area contributed by atoms with Gasteiger partial charge in [0.15, 0.2) is 0 Å². The Bertz CT molecular complexity index is 1570. The molecule has 0 amide bonds. The van der Waals surface area contributed by atoms with E-state index < -0.39 is 5.76 Å². The Kier molecular flexibility index (Phi) is 7.87. The minimum absolute atomic E-state index is 0.140. The van der Waals surface area contributed by atoms with Gasteiger partial charge in [0, 0.05) is 44.2 Å². The lowest BCUT2D eigenvalue weighted by Gasteiger charge is -2.30. The van der Waals surface area contributed by atoms with Crippen molar-refractivity contribution >= 4 is 28.6 Å². The van der Waals surface area contributed by atoms with Gasteiger partial charge in [-0.3, -0.25) is 14.5 Å². The number of hydrogen-bond donors (Lipinski definition) is 1. The third-order valence-electron chi connectivity index (χ3n) is 8.93. The van der Waals surface area contributed by atoms with Gasteiger partial charge in [0.2, 0.25) is 11.8 Å². The molecule has 1 aliphatic carbocycles. The topological polar surface area (TPSA) is 115 Å². The number of H-pyrrole nitrogens is 1. The van der Waals surface area contributed by atoms with Crippen LogP contribution in [0, 0.1) is 17.8 Å². The Morgan fingerprint density at radius 1 is 1.17 bits per heavy atom. The highest BCUT2D eigenvalue weighted by Crippen LogP contribution is 2.39. The van der Waals surface area contributed by atoms with Gasteiger partial charge in [-0.15, -0.1) is 0 Å². The highest BCUT2D eigenvalue weighted by molar-refractivity contribution is 6.30. The van der Waals surface area contributed by atoms with E-state index >= 15 is 0 Å². The molecular formula is C30H38ClN7O3. The monoisotopic (exact) mass is 579 g/mol. The number of anilines is 1. The van der Waals surface area contributed by atoms with Gasteiger partial charge in [-0.2, -0.15) is 0 Å². The molecule has 41 heavy (non-hydrogen) atoms. The number of methoxy groups -OCH3 is 1. The largest absolute Gasteiger partial charge is 0.439 e. The third-order valence-corrected chi connectivity index (χ3v) is 9.13. The zero-order valence-electron chi connectivity index (χ0n) is 24.1. The number of aromatic amines is 1. The van der Waals surface area contributed by atoms with E-state index in [1.165, 1.54) is 25.7 Å². The van der Waals surface area contributed by atoms with Gasteiger partial charge in [0.05, 0.1) is 27.9 Å². The minimum atomic E-state index is -0.636. The summed E-state index contributed by atoms with van der Waals surface area (Å²) >= 11 is 6.41. The van der Waals surface area contributed by atoms with E-state index in [2.05, 4.69) is 45.4 Å². The molecule has 1 N–H and O–H groups in total. The van der Waals surface area contributed by atoms with E-state index in [-0.39, 0.29) is 11.9 Å². The van der Waals surface area contributed by atoms with Crippen molar-refractivity contribution in [3.05, 3.63) is 40.1 Å². The molecular weight excluding hydrogens is 542 g/mol. The maximum atomic E-state index is 11.8. The molecule has 1 saturated carbocycles. The molecule has 0 aromatic carbocycles. The highest BCUT2D eigenvalue weighted by atomic mass is 35.5. The van der Waals surface area contributed by atoms with Crippen LogP contribution >= 0.6 is 11.6 Å². The van der Waals surface area contributed by atoms with Crippen molar-refractivity contribution in [2.45, 2.75) is 78.0 Å². The predicted molar refractivity (Wildman–Crippen MR) is 159 cm³/mol. The lowest BCUT2D eigenvalue weighted by molar-refractivity contribution is 0.116. The summed E-state index contributed by atoms with van der Waals surface area (Å²) in [6.45, 7) is 8.48. The number of rotatable bonds is 8. The Morgan fingerprint density at radius 2 is 1.98 bits per heavy atom. The summed E-state index contributed by atoms with van der Waals surface area (Å²) < 4.78 is 13.0. The number of fused-ring (bicyclic) bond motifs is 1. The first kappa shape index (κ1) is 27.9. The van der Waals surface area contributed by atoms with E-state index in [4.69, 9.17) is 30.8 Å². The number of hydrogen-bond acceptors (Lipinski definition) is 8.